The van der Waals surface area contributed by atoms with Gasteiger partial charge in [-0.05, 0) is 44.2 Å². The number of amides is 1. The second-order valence-electron chi connectivity index (χ2n) is 8.72. The molecule has 1 rings (SSSR count). The summed E-state index contributed by atoms with van der Waals surface area (Å²) in [6.45, 7) is 15.2. The van der Waals surface area contributed by atoms with Gasteiger partial charge in [0.1, 0.15) is 0 Å². The Hall–Kier alpha value is -0.570. The zero-order valence-electron chi connectivity index (χ0n) is 15.8. The molecule has 0 radical (unpaired) electrons. The van der Waals surface area contributed by atoms with E-state index in [4.69, 9.17) is 0 Å². The summed E-state index contributed by atoms with van der Waals surface area (Å²) in [6, 6.07) is 0. The Morgan fingerprint density at radius 1 is 1.18 bits per heavy atom. The molecule has 1 aliphatic rings. The van der Waals surface area contributed by atoms with Crippen molar-refractivity contribution in [2.45, 2.75) is 66.7 Å². The van der Waals surface area contributed by atoms with Crippen LogP contribution >= 0.6 is 0 Å². The Morgan fingerprint density at radius 3 is 2.27 bits per heavy atom. The molecule has 0 N–H and O–H groups in total. The van der Waals surface area contributed by atoms with Crippen LogP contribution in [0.4, 0.5) is 0 Å². The van der Waals surface area contributed by atoms with E-state index in [-0.39, 0.29) is 5.92 Å². The molecule has 1 aliphatic heterocycles. The van der Waals surface area contributed by atoms with Crippen LogP contribution in [0.15, 0.2) is 0 Å². The van der Waals surface area contributed by atoms with Crippen LogP contribution in [0.3, 0.4) is 0 Å². The molecule has 3 heteroatoms. The van der Waals surface area contributed by atoms with Crippen molar-refractivity contribution >= 4 is 5.91 Å². The van der Waals surface area contributed by atoms with E-state index in [2.05, 4.69) is 37.6 Å². The molecular weight excluding hydrogens is 272 g/mol. The van der Waals surface area contributed by atoms with Crippen molar-refractivity contribution in [2.75, 3.05) is 33.2 Å². The smallest absolute Gasteiger partial charge is 0.225 e. The van der Waals surface area contributed by atoms with Gasteiger partial charge < -0.3 is 9.80 Å². The fraction of sp³-hybridized carbons (Fsp3) is 0.947. The summed E-state index contributed by atoms with van der Waals surface area (Å²) < 4.78 is 0. The summed E-state index contributed by atoms with van der Waals surface area (Å²) in [7, 11) is 2.24. The first-order valence-corrected chi connectivity index (χ1v) is 9.16. The number of piperidine rings is 1. The van der Waals surface area contributed by atoms with Gasteiger partial charge in [-0.25, -0.2) is 0 Å². The lowest BCUT2D eigenvalue weighted by Crippen LogP contribution is -2.40. The Kier molecular flexibility index (Phi) is 7.88. The lowest BCUT2D eigenvalue weighted by molar-refractivity contribution is -0.135. The summed E-state index contributed by atoms with van der Waals surface area (Å²) in [5, 5.41) is 0. The average Bonchev–Trinajstić information content (AvgIpc) is 2.41. The highest BCUT2D eigenvalue weighted by Crippen LogP contribution is 2.23. The van der Waals surface area contributed by atoms with Crippen LogP contribution in [0.1, 0.15) is 66.7 Å². The van der Waals surface area contributed by atoms with Crippen LogP contribution in [-0.4, -0.2) is 48.9 Å². The van der Waals surface area contributed by atoms with E-state index in [1.54, 1.807) is 0 Å². The molecule has 0 spiro atoms. The molecule has 0 aromatic heterocycles. The number of likely N-dealkylation sites (tertiary alicyclic amines) is 1. The van der Waals surface area contributed by atoms with Crippen molar-refractivity contribution in [1.82, 2.24) is 9.80 Å². The first-order chi connectivity index (χ1) is 10.2. The number of carbonyl (C=O) groups excluding carboxylic acids is 1. The van der Waals surface area contributed by atoms with E-state index in [9.17, 15) is 4.79 Å². The van der Waals surface area contributed by atoms with Crippen molar-refractivity contribution in [3.8, 4) is 0 Å². The van der Waals surface area contributed by atoms with E-state index < -0.39 is 0 Å². The summed E-state index contributed by atoms with van der Waals surface area (Å²) in [5.74, 6) is 1.32. The maximum absolute atomic E-state index is 12.0. The van der Waals surface area contributed by atoms with Crippen LogP contribution < -0.4 is 0 Å². The molecule has 0 aromatic carbocycles. The third kappa shape index (κ3) is 7.62. The molecule has 0 aromatic rings. The highest BCUT2D eigenvalue weighted by Gasteiger charge is 2.23. The van der Waals surface area contributed by atoms with Crippen molar-refractivity contribution in [1.29, 1.82) is 0 Å². The number of hydrogen-bond donors (Lipinski definition) is 0. The second kappa shape index (κ2) is 8.90. The Labute approximate surface area is 138 Å². The van der Waals surface area contributed by atoms with Gasteiger partial charge in [0.15, 0.2) is 0 Å². The van der Waals surface area contributed by atoms with Crippen LogP contribution in [0.25, 0.3) is 0 Å². The maximum atomic E-state index is 12.0. The normalized spacial score (nSPS) is 17.5. The Balaban J connectivity index is 2.12. The molecule has 0 atom stereocenters. The van der Waals surface area contributed by atoms with Crippen LogP contribution in [0.2, 0.25) is 0 Å². The van der Waals surface area contributed by atoms with Crippen LogP contribution in [0, 0.1) is 17.3 Å². The molecule has 22 heavy (non-hydrogen) atoms. The summed E-state index contributed by atoms with van der Waals surface area (Å²) in [4.78, 5) is 16.5. The lowest BCUT2D eigenvalue weighted by Gasteiger charge is -2.33. The minimum Gasteiger partial charge on any atom is -0.342 e. The number of unbranched alkanes of at least 4 members (excludes halogenated alkanes) is 1. The standard InChI is InChI=1S/C19H38N2O/c1-16(2)18(22)21-13-10-17(11-14-21)9-7-8-12-20(6)15-19(3,4)5/h16-17H,7-15H2,1-6H3. The molecule has 1 amide bonds. The maximum Gasteiger partial charge on any atom is 0.225 e. The van der Waals surface area contributed by atoms with E-state index in [1.165, 1.54) is 45.2 Å². The number of hydrogen-bond acceptors (Lipinski definition) is 2. The summed E-state index contributed by atoms with van der Waals surface area (Å²) >= 11 is 0. The molecular formula is C19H38N2O. The quantitative estimate of drug-likeness (QED) is 0.663. The van der Waals surface area contributed by atoms with Gasteiger partial charge in [0.2, 0.25) is 5.91 Å². The van der Waals surface area contributed by atoms with Gasteiger partial charge in [0.25, 0.3) is 0 Å². The Bertz CT molecular complexity index is 325. The van der Waals surface area contributed by atoms with Crippen molar-refractivity contribution in [2.24, 2.45) is 17.3 Å². The van der Waals surface area contributed by atoms with Gasteiger partial charge >= 0.3 is 0 Å². The van der Waals surface area contributed by atoms with Gasteiger partial charge in [-0.3, -0.25) is 4.79 Å². The van der Waals surface area contributed by atoms with E-state index in [0.717, 1.165) is 19.0 Å². The zero-order chi connectivity index (χ0) is 16.8. The molecule has 0 saturated carbocycles. The number of rotatable bonds is 7. The second-order valence-corrected chi connectivity index (χ2v) is 8.72. The zero-order valence-corrected chi connectivity index (χ0v) is 15.8. The molecule has 1 heterocycles. The molecule has 0 bridgehead atoms. The lowest BCUT2D eigenvalue weighted by atomic mass is 9.91. The van der Waals surface area contributed by atoms with Gasteiger partial charge in [-0.15, -0.1) is 0 Å². The third-order valence-corrected chi connectivity index (χ3v) is 4.57. The van der Waals surface area contributed by atoms with E-state index in [0.29, 0.717) is 11.3 Å². The minimum absolute atomic E-state index is 0.148. The Morgan fingerprint density at radius 2 is 1.77 bits per heavy atom. The monoisotopic (exact) mass is 310 g/mol. The molecule has 0 aliphatic carbocycles. The number of carbonyl (C=O) groups is 1. The predicted octanol–water partition coefficient (Wildman–Crippen LogP) is 4.03. The third-order valence-electron chi connectivity index (χ3n) is 4.57. The first-order valence-electron chi connectivity index (χ1n) is 9.16. The van der Waals surface area contributed by atoms with E-state index in [1.807, 2.05) is 13.8 Å². The predicted molar refractivity (Wildman–Crippen MR) is 94.9 cm³/mol. The highest BCUT2D eigenvalue weighted by atomic mass is 16.2. The highest BCUT2D eigenvalue weighted by molar-refractivity contribution is 5.78. The van der Waals surface area contributed by atoms with E-state index >= 15 is 0 Å². The largest absolute Gasteiger partial charge is 0.342 e. The molecule has 3 nitrogen and oxygen atoms in total. The molecule has 1 saturated heterocycles. The van der Waals surface area contributed by atoms with Crippen LogP contribution in [-0.2, 0) is 4.79 Å². The topological polar surface area (TPSA) is 23.6 Å². The molecule has 130 valence electrons. The summed E-state index contributed by atoms with van der Waals surface area (Å²) in [6.07, 6.45) is 6.38. The van der Waals surface area contributed by atoms with Gasteiger partial charge in [0.05, 0.1) is 0 Å². The SMILES string of the molecule is CC(C)C(=O)N1CCC(CCCCN(C)CC(C)(C)C)CC1. The summed E-state index contributed by atoms with van der Waals surface area (Å²) in [5.41, 5.74) is 0.393. The van der Waals surface area contributed by atoms with Gasteiger partial charge in [-0.2, -0.15) is 0 Å². The minimum atomic E-state index is 0.148. The van der Waals surface area contributed by atoms with Crippen molar-refractivity contribution in [3.63, 3.8) is 0 Å². The fourth-order valence-electron chi connectivity index (χ4n) is 3.51. The average molecular weight is 311 g/mol. The number of nitrogens with zero attached hydrogens (tertiary/aromatic N) is 2. The van der Waals surface area contributed by atoms with Crippen LogP contribution in [0.5, 0.6) is 0 Å². The van der Waals surface area contributed by atoms with Gasteiger partial charge in [0, 0.05) is 25.6 Å². The van der Waals surface area contributed by atoms with Crippen molar-refractivity contribution in [3.05, 3.63) is 0 Å². The molecule has 0 unspecified atom stereocenters. The van der Waals surface area contributed by atoms with Crippen molar-refractivity contribution < 1.29 is 4.79 Å². The van der Waals surface area contributed by atoms with Gasteiger partial charge in [-0.1, -0.05) is 47.5 Å². The molecule has 1 fully saturated rings. The fourth-order valence-corrected chi connectivity index (χ4v) is 3.51. The first kappa shape index (κ1) is 19.5.